The van der Waals surface area contributed by atoms with Gasteiger partial charge in [0.1, 0.15) is 0 Å². The second-order valence-corrected chi connectivity index (χ2v) is 4.07. The van der Waals surface area contributed by atoms with Gasteiger partial charge in [0.15, 0.2) is 6.10 Å². The molecule has 0 radical (unpaired) electrons. The van der Waals surface area contributed by atoms with Crippen LogP contribution in [0.1, 0.15) is 46.5 Å². The van der Waals surface area contributed by atoms with Crippen molar-refractivity contribution in [3.8, 4) is 0 Å². The highest BCUT2D eigenvalue weighted by atomic mass is 16.6. The molecule has 0 bridgehead atoms. The standard InChI is InChI=1S/C12H20O6/c1-4-5-8(2)17-12(16)10(18-9(3)13)6-7-11(14)15/h8,10H,4-7H2,1-3H3,(H,14,15). The monoisotopic (exact) mass is 260 g/mol. The zero-order chi connectivity index (χ0) is 14.1. The first kappa shape index (κ1) is 16.4. The first-order valence-corrected chi connectivity index (χ1v) is 5.96. The Morgan fingerprint density at radius 3 is 2.22 bits per heavy atom. The number of hydrogen-bond donors (Lipinski definition) is 1. The normalized spacial score (nSPS) is 13.5. The van der Waals surface area contributed by atoms with E-state index in [1.165, 1.54) is 0 Å². The van der Waals surface area contributed by atoms with Crippen molar-refractivity contribution < 1.29 is 29.0 Å². The van der Waals surface area contributed by atoms with Crippen LogP contribution in [0.3, 0.4) is 0 Å². The Balaban J connectivity index is 4.38. The van der Waals surface area contributed by atoms with Crippen LogP contribution in [0.4, 0.5) is 0 Å². The van der Waals surface area contributed by atoms with E-state index in [4.69, 9.17) is 14.6 Å². The van der Waals surface area contributed by atoms with Crippen molar-refractivity contribution in [3.63, 3.8) is 0 Å². The second kappa shape index (κ2) is 8.49. The van der Waals surface area contributed by atoms with E-state index in [-0.39, 0.29) is 18.9 Å². The SMILES string of the molecule is CCCC(C)OC(=O)C(CCC(=O)O)OC(C)=O. The van der Waals surface area contributed by atoms with Crippen LogP contribution in [0.5, 0.6) is 0 Å². The van der Waals surface area contributed by atoms with Crippen LogP contribution in [-0.2, 0) is 23.9 Å². The van der Waals surface area contributed by atoms with Gasteiger partial charge in [0, 0.05) is 19.8 Å². The summed E-state index contributed by atoms with van der Waals surface area (Å²) in [5.74, 6) is -2.38. The average molecular weight is 260 g/mol. The van der Waals surface area contributed by atoms with Crippen molar-refractivity contribution in [1.82, 2.24) is 0 Å². The van der Waals surface area contributed by atoms with E-state index in [1.54, 1.807) is 6.92 Å². The third kappa shape index (κ3) is 7.65. The van der Waals surface area contributed by atoms with Gasteiger partial charge in [-0.3, -0.25) is 9.59 Å². The molecule has 2 unspecified atom stereocenters. The largest absolute Gasteiger partial charge is 0.481 e. The van der Waals surface area contributed by atoms with Crippen LogP contribution in [0.15, 0.2) is 0 Å². The van der Waals surface area contributed by atoms with Crippen LogP contribution >= 0.6 is 0 Å². The molecule has 0 saturated carbocycles. The Hall–Kier alpha value is -1.59. The summed E-state index contributed by atoms with van der Waals surface area (Å²) in [6.45, 7) is 4.86. The van der Waals surface area contributed by atoms with E-state index in [0.717, 1.165) is 13.3 Å². The molecule has 0 heterocycles. The summed E-state index contributed by atoms with van der Waals surface area (Å²) in [7, 11) is 0. The summed E-state index contributed by atoms with van der Waals surface area (Å²) in [4.78, 5) is 33.0. The van der Waals surface area contributed by atoms with E-state index < -0.39 is 24.0 Å². The van der Waals surface area contributed by atoms with Crippen LogP contribution in [0, 0.1) is 0 Å². The topological polar surface area (TPSA) is 89.9 Å². The molecule has 0 aliphatic carbocycles. The molecule has 0 fully saturated rings. The fourth-order valence-electron chi connectivity index (χ4n) is 1.42. The number of hydrogen-bond acceptors (Lipinski definition) is 5. The molecule has 18 heavy (non-hydrogen) atoms. The van der Waals surface area contributed by atoms with Crippen molar-refractivity contribution in [3.05, 3.63) is 0 Å². The predicted octanol–water partition coefficient (Wildman–Crippen LogP) is 1.51. The Morgan fingerprint density at radius 1 is 1.17 bits per heavy atom. The van der Waals surface area contributed by atoms with Gasteiger partial charge in [0.05, 0.1) is 6.10 Å². The molecule has 6 nitrogen and oxygen atoms in total. The van der Waals surface area contributed by atoms with E-state index in [0.29, 0.717) is 6.42 Å². The molecule has 0 spiro atoms. The highest BCUT2D eigenvalue weighted by Gasteiger charge is 2.25. The lowest BCUT2D eigenvalue weighted by atomic mass is 10.2. The number of ether oxygens (including phenoxy) is 2. The van der Waals surface area contributed by atoms with Crippen LogP contribution in [0.25, 0.3) is 0 Å². The third-order valence-electron chi connectivity index (χ3n) is 2.20. The molecule has 0 aliphatic heterocycles. The maximum atomic E-state index is 11.7. The highest BCUT2D eigenvalue weighted by Crippen LogP contribution is 2.09. The quantitative estimate of drug-likeness (QED) is 0.665. The summed E-state index contributed by atoms with van der Waals surface area (Å²) in [5.41, 5.74) is 0. The Bertz CT molecular complexity index is 299. The maximum Gasteiger partial charge on any atom is 0.347 e. The van der Waals surface area contributed by atoms with Gasteiger partial charge < -0.3 is 14.6 Å². The summed E-state index contributed by atoms with van der Waals surface area (Å²) in [6.07, 6.45) is -0.176. The van der Waals surface area contributed by atoms with Crippen molar-refractivity contribution in [2.24, 2.45) is 0 Å². The second-order valence-electron chi connectivity index (χ2n) is 4.07. The van der Waals surface area contributed by atoms with E-state index in [9.17, 15) is 14.4 Å². The Morgan fingerprint density at radius 2 is 1.78 bits per heavy atom. The lowest BCUT2D eigenvalue weighted by molar-refractivity contribution is -0.171. The Labute approximate surface area is 106 Å². The number of esters is 2. The van der Waals surface area contributed by atoms with E-state index >= 15 is 0 Å². The number of carbonyl (C=O) groups is 3. The van der Waals surface area contributed by atoms with Crippen LogP contribution in [-0.4, -0.2) is 35.2 Å². The fourth-order valence-corrected chi connectivity index (χ4v) is 1.42. The van der Waals surface area contributed by atoms with Gasteiger partial charge in [-0.1, -0.05) is 13.3 Å². The van der Waals surface area contributed by atoms with E-state index in [2.05, 4.69) is 0 Å². The fraction of sp³-hybridized carbons (Fsp3) is 0.750. The molecule has 0 amide bonds. The summed E-state index contributed by atoms with van der Waals surface area (Å²) in [5, 5.41) is 8.55. The third-order valence-corrected chi connectivity index (χ3v) is 2.20. The summed E-state index contributed by atoms with van der Waals surface area (Å²) < 4.78 is 9.84. The molecular weight excluding hydrogens is 240 g/mol. The summed E-state index contributed by atoms with van der Waals surface area (Å²) >= 11 is 0. The zero-order valence-corrected chi connectivity index (χ0v) is 11.0. The lowest BCUT2D eigenvalue weighted by Crippen LogP contribution is -2.31. The van der Waals surface area contributed by atoms with Crippen molar-refractivity contribution in [2.75, 3.05) is 0 Å². The molecule has 0 aromatic heterocycles. The molecule has 0 aliphatic rings. The van der Waals surface area contributed by atoms with Crippen molar-refractivity contribution >= 4 is 17.9 Å². The maximum absolute atomic E-state index is 11.7. The van der Waals surface area contributed by atoms with Gasteiger partial charge in [-0.25, -0.2) is 4.79 Å². The molecule has 6 heteroatoms. The average Bonchev–Trinajstić information content (AvgIpc) is 2.23. The Kier molecular flexibility index (Phi) is 7.74. The smallest absolute Gasteiger partial charge is 0.347 e. The number of carbonyl (C=O) groups excluding carboxylic acids is 2. The zero-order valence-electron chi connectivity index (χ0n) is 11.0. The number of carboxylic acid groups (broad SMARTS) is 1. The van der Waals surface area contributed by atoms with Crippen LogP contribution in [0.2, 0.25) is 0 Å². The minimum atomic E-state index is -1.14. The first-order valence-electron chi connectivity index (χ1n) is 5.96. The minimum Gasteiger partial charge on any atom is -0.481 e. The molecule has 2 atom stereocenters. The molecular formula is C12H20O6. The lowest BCUT2D eigenvalue weighted by Gasteiger charge is -2.18. The van der Waals surface area contributed by atoms with Gasteiger partial charge in [0.2, 0.25) is 0 Å². The van der Waals surface area contributed by atoms with Gasteiger partial charge in [-0.2, -0.15) is 0 Å². The van der Waals surface area contributed by atoms with Gasteiger partial charge in [-0.15, -0.1) is 0 Å². The molecule has 1 N–H and O–H groups in total. The molecule has 0 rings (SSSR count). The van der Waals surface area contributed by atoms with Gasteiger partial charge in [-0.05, 0) is 13.3 Å². The molecule has 0 aromatic carbocycles. The number of aliphatic carboxylic acids is 1. The van der Waals surface area contributed by atoms with Gasteiger partial charge in [0.25, 0.3) is 0 Å². The van der Waals surface area contributed by atoms with Crippen molar-refractivity contribution in [1.29, 1.82) is 0 Å². The highest BCUT2D eigenvalue weighted by molar-refractivity contribution is 5.79. The van der Waals surface area contributed by atoms with Crippen LogP contribution < -0.4 is 0 Å². The first-order chi connectivity index (χ1) is 8.36. The molecule has 104 valence electrons. The van der Waals surface area contributed by atoms with Gasteiger partial charge >= 0.3 is 17.9 Å². The van der Waals surface area contributed by atoms with E-state index in [1.807, 2.05) is 6.92 Å². The minimum absolute atomic E-state index is 0.0768. The molecule has 0 saturated heterocycles. The summed E-state index contributed by atoms with van der Waals surface area (Å²) in [6, 6.07) is 0. The predicted molar refractivity (Wildman–Crippen MR) is 62.9 cm³/mol. The number of carboxylic acids is 1. The molecule has 0 aromatic rings. The number of rotatable bonds is 8. The van der Waals surface area contributed by atoms with Crippen molar-refractivity contribution in [2.45, 2.75) is 58.7 Å².